The molecule has 0 bridgehead atoms. The first-order valence-corrected chi connectivity index (χ1v) is 5.13. The van der Waals surface area contributed by atoms with Crippen molar-refractivity contribution in [3.63, 3.8) is 0 Å². The van der Waals surface area contributed by atoms with Gasteiger partial charge in [0.1, 0.15) is 23.3 Å². The van der Waals surface area contributed by atoms with Gasteiger partial charge in [-0.25, -0.2) is 4.98 Å². The van der Waals surface area contributed by atoms with E-state index in [4.69, 9.17) is 15.7 Å². The molecule has 0 saturated heterocycles. The number of amides is 1. The number of pyridine rings is 1. The van der Waals surface area contributed by atoms with Crippen molar-refractivity contribution in [1.82, 2.24) is 4.98 Å². The molecule has 2 aromatic rings. The van der Waals surface area contributed by atoms with E-state index in [0.717, 1.165) is 0 Å². The predicted molar refractivity (Wildman–Crippen MR) is 64.0 cm³/mol. The van der Waals surface area contributed by atoms with E-state index in [-0.39, 0.29) is 5.69 Å². The van der Waals surface area contributed by atoms with Crippen LogP contribution in [0.3, 0.4) is 0 Å². The Bertz CT molecular complexity index is 615. The number of primary amides is 1. The Labute approximate surface area is 103 Å². The standard InChI is InChI=1S/C13H9N3O2/c14-8-10-7-12(5-6-16-10)18-11-3-1-9(2-4-11)13(15)17/h1-7H,(H2,15,17). The largest absolute Gasteiger partial charge is 0.457 e. The fourth-order valence-electron chi connectivity index (χ4n) is 1.36. The molecular formula is C13H9N3O2. The summed E-state index contributed by atoms with van der Waals surface area (Å²) in [5.41, 5.74) is 5.82. The highest BCUT2D eigenvalue weighted by Crippen LogP contribution is 2.21. The Morgan fingerprint density at radius 2 is 1.94 bits per heavy atom. The molecule has 2 N–H and O–H groups in total. The summed E-state index contributed by atoms with van der Waals surface area (Å²) in [5, 5.41) is 8.71. The Morgan fingerprint density at radius 1 is 1.22 bits per heavy atom. The van der Waals surface area contributed by atoms with Crippen LogP contribution in [0.25, 0.3) is 0 Å². The van der Waals surface area contributed by atoms with Gasteiger partial charge in [0.15, 0.2) is 0 Å². The zero-order chi connectivity index (χ0) is 13.0. The van der Waals surface area contributed by atoms with E-state index in [9.17, 15) is 4.79 Å². The van der Waals surface area contributed by atoms with Crippen molar-refractivity contribution in [2.45, 2.75) is 0 Å². The molecule has 0 spiro atoms. The molecule has 1 aromatic carbocycles. The maximum Gasteiger partial charge on any atom is 0.248 e. The topological polar surface area (TPSA) is 89.0 Å². The van der Waals surface area contributed by atoms with E-state index in [0.29, 0.717) is 17.1 Å². The quantitative estimate of drug-likeness (QED) is 0.884. The third-order valence-electron chi connectivity index (χ3n) is 2.22. The van der Waals surface area contributed by atoms with E-state index in [1.54, 1.807) is 30.3 Å². The van der Waals surface area contributed by atoms with Gasteiger partial charge in [0.25, 0.3) is 0 Å². The van der Waals surface area contributed by atoms with Crippen molar-refractivity contribution in [2.75, 3.05) is 0 Å². The van der Waals surface area contributed by atoms with Gasteiger partial charge in [0.05, 0.1) is 0 Å². The summed E-state index contributed by atoms with van der Waals surface area (Å²) in [6, 6.07) is 11.5. The Balaban J connectivity index is 2.18. The van der Waals surface area contributed by atoms with Gasteiger partial charge in [0.2, 0.25) is 5.91 Å². The summed E-state index contributed by atoms with van der Waals surface area (Å²) < 4.78 is 5.51. The first-order chi connectivity index (χ1) is 8.69. The molecule has 18 heavy (non-hydrogen) atoms. The normalized spacial score (nSPS) is 9.50. The number of nitriles is 1. The summed E-state index contributed by atoms with van der Waals surface area (Å²) in [7, 11) is 0. The number of benzene rings is 1. The molecule has 0 saturated carbocycles. The molecule has 0 aliphatic rings. The Kier molecular flexibility index (Phi) is 3.21. The van der Waals surface area contributed by atoms with E-state index < -0.39 is 5.91 Å². The summed E-state index contributed by atoms with van der Waals surface area (Å²) >= 11 is 0. The minimum atomic E-state index is -0.489. The van der Waals surface area contributed by atoms with Crippen LogP contribution >= 0.6 is 0 Å². The zero-order valence-corrected chi connectivity index (χ0v) is 9.33. The first-order valence-electron chi connectivity index (χ1n) is 5.13. The highest BCUT2D eigenvalue weighted by Gasteiger charge is 2.02. The molecule has 0 fully saturated rings. The minimum Gasteiger partial charge on any atom is -0.457 e. The van der Waals surface area contributed by atoms with Crippen molar-refractivity contribution in [2.24, 2.45) is 5.73 Å². The number of hydrogen-bond acceptors (Lipinski definition) is 4. The molecule has 0 aliphatic heterocycles. The van der Waals surface area contributed by atoms with E-state index in [1.165, 1.54) is 12.3 Å². The lowest BCUT2D eigenvalue weighted by Crippen LogP contribution is -2.10. The maximum atomic E-state index is 10.9. The third-order valence-corrected chi connectivity index (χ3v) is 2.22. The van der Waals surface area contributed by atoms with E-state index >= 15 is 0 Å². The molecule has 0 atom stereocenters. The molecule has 0 aliphatic carbocycles. The zero-order valence-electron chi connectivity index (χ0n) is 9.33. The molecule has 1 amide bonds. The molecule has 0 unspecified atom stereocenters. The van der Waals surface area contributed by atoms with E-state index in [1.807, 2.05) is 6.07 Å². The average molecular weight is 239 g/mol. The highest BCUT2D eigenvalue weighted by molar-refractivity contribution is 5.92. The smallest absolute Gasteiger partial charge is 0.248 e. The monoisotopic (exact) mass is 239 g/mol. The molecule has 2 rings (SSSR count). The van der Waals surface area contributed by atoms with Gasteiger partial charge in [0, 0.05) is 17.8 Å². The second kappa shape index (κ2) is 4.97. The maximum absolute atomic E-state index is 10.9. The molecule has 88 valence electrons. The van der Waals surface area contributed by atoms with Crippen LogP contribution in [0.4, 0.5) is 0 Å². The molecule has 1 aromatic heterocycles. The van der Waals surface area contributed by atoms with Gasteiger partial charge in [-0.15, -0.1) is 0 Å². The number of carbonyl (C=O) groups excluding carboxylic acids is 1. The van der Waals surface area contributed by atoms with Gasteiger partial charge >= 0.3 is 0 Å². The lowest BCUT2D eigenvalue weighted by molar-refractivity contribution is 0.100. The number of rotatable bonds is 3. The van der Waals surface area contributed by atoms with Crippen molar-refractivity contribution < 1.29 is 9.53 Å². The van der Waals surface area contributed by atoms with Crippen molar-refractivity contribution >= 4 is 5.91 Å². The molecule has 5 heteroatoms. The van der Waals surface area contributed by atoms with Crippen LogP contribution in [-0.4, -0.2) is 10.9 Å². The third kappa shape index (κ3) is 2.62. The minimum absolute atomic E-state index is 0.279. The lowest BCUT2D eigenvalue weighted by Gasteiger charge is -2.05. The van der Waals surface area contributed by atoms with E-state index in [2.05, 4.69) is 4.98 Å². The molecule has 5 nitrogen and oxygen atoms in total. The van der Waals surface area contributed by atoms with Crippen molar-refractivity contribution in [3.8, 4) is 17.6 Å². The van der Waals surface area contributed by atoms with Crippen LogP contribution in [0.1, 0.15) is 16.1 Å². The van der Waals surface area contributed by atoms with Gasteiger partial charge < -0.3 is 10.5 Å². The second-order valence-corrected chi connectivity index (χ2v) is 3.48. The van der Waals surface area contributed by atoms with Gasteiger partial charge in [-0.2, -0.15) is 5.26 Å². The Hall–Kier alpha value is -2.87. The number of carbonyl (C=O) groups is 1. The number of nitrogens with two attached hydrogens (primary N) is 1. The van der Waals surface area contributed by atoms with Gasteiger partial charge in [-0.3, -0.25) is 4.79 Å². The fraction of sp³-hybridized carbons (Fsp3) is 0. The molecule has 1 heterocycles. The SMILES string of the molecule is N#Cc1cc(Oc2ccc(C(N)=O)cc2)ccn1. The highest BCUT2D eigenvalue weighted by atomic mass is 16.5. The van der Waals surface area contributed by atoms with Gasteiger partial charge in [-0.1, -0.05) is 0 Å². The van der Waals surface area contributed by atoms with Crippen molar-refractivity contribution in [3.05, 3.63) is 53.9 Å². The summed E-state index contributed by atoms with van der Waals surface area (Å²) in [6.07, 6.45) is 1.49. The van der Waals surface area contributed by atoms with Crippen LogP contribution in [0.5, 0.6) is 11.5 Å². The van der Waals surface area contributed by atoms with Crippen LogP contribution in [0, 0.1) is 11.3 Å². The number of hydrogen-bond donors (Lipinski definition) is 1. The van der Waals surface area contributed by atoms with Gasteiger partial charge in [-0.05, 0) is 30.3 Å². The number of nitrogens with zero attached hydrogens (tertiary/aromatic N) is 2. The summed E-state index contributed by atoms with van der Waals surface area (Å²) in [4.78, 5) is 14.7. The van der Waals surface area contributed by atoms with Crippen LogP contribution in [-0.2, 0) is 0 Å². The van der Waals surface area contributed by atoms with Crippen molar-refractivity contribution in [1.29, 1.82) is 5.26 Å². The number of ether oxygens (including phenoxy) is 1. The summed E-state index contributed by atoms with van der Waals surface area (Å²) in [5.74, 6) is 0.570. The summed E-state index contributed by atoms with van der Waals surface area (Å²) in [6.45, 7) is 0. The number of aromatic nitrogens is 1. The molecular weight excluding hydrogens is 230 g/mol. The Morgan fingerprint density at radius 3 is 2.56 bits per heavy atom. The predicted octanol–water partition coefficient (Wildman–Crippen LogP) is 1.84. The fourth-order valence-corrected chi connectivity index (χ4v) is 1.36. The average Bonchev–Trinajstić information content (AvgIpc) is 2.39. The first kappa shape index (κ1) is 11.6. The van der Waals surface area contributed by atoms with Crippen LogP contribution in [0.15, 0.2) is 42.6 Å². The lowest BCUT2D eigenvalue weighted by atomic mass is 10.2. The van der Waals surface area contributed by atoms with Crippen LogP contribution in [0.2, 0.25) is 0 Å². The second-order valence-electron chi connectivity index (χ2n) is 3.48. The molecule has 0 radical (unpaired) electrons. The van der Waals surface area contributed by atoms with Crippen LogP contribution < -0.4 is 10.5 Å².